The summed E-state index contributed by atoms with van der Waals surface area (Å²) in [6.45, 7) is 2.16. The number of ether oxygens (including phenoxy) is 1. The van der Waals surface area contributed by atoms with Crippen LogP contribution >= 0.6 is 0 Å². The summed E-state index contributed by atoms with van der Waals surface area (Å²) in [4.78, 5) is 11.9. The van der Waals surface area contributed by atoms with Crippen LogP contribution in [0.15, 0.2) is 24.3 Å². The number of carbonyl (C=O) groups excluding carboxylic acids is 1. The first-order valence-corrected chi connectivity index (χ1v) is 7.02. The predicted octanol–water partition coefficient (Wildman–Crippen LogP) is 3.79. The summed E-state index contributed by atoms with van der Waals surface area (Å²) < 4.78 is 5.55. The Labute approximate surface area is 114 Å². The fraction of sp³-hybridized carbons (Fsp3) is 0.533. The van der Waals surface area contributed by atoms with Gasteiger partial charge in [0.2, 0.25) is 0 Å². The first-order chi connectivity index (χ1) is 9.19. The van der Waals surface area contributed by atoms with Crippen LogP contribution in [-0.2, 0) is 4.74 Å². The Kier molecular flexibility index (Phi) is 4.66. The fourth-order valence-corrected chi connectivity index (χ4v) is 2.65. The van der Waals surface area contributed by atoms with E-state index in [4.69, 9.17) is 10.5 Å². The van der Waals surface area contributed by atoms with Crippen LogP contribution in [0, 0.1) is 5.92 Å². The van der Waals surface area contributed by atoms with Gasteiger partial charge in [0.1, 0.15) is 6.10 Å². The highest BCUT2D eigenvalue weighted by Crippen LogP contribution is 2.29. The molecule has 1 saturated carbocycles. The highest BCUT2D eigenvalue weighted by atomic mass is 16.6. The smallest absolute Gasteiger partial charge is 0.411 e. The molecule has 0 heterocycles. The maximum absolute atomic E-state index is 11.9. The predicted molar refractivity (Wildman–Crippen MR) is 77.0 cm³/mol. The van der Waals surface area contributed by atoms with Gasteiger partial charge in [-0.2, -0.15) is 0 Å². The molecular weight excluding hydrogens is 240 g/mol. The van der Waals surface area contributed by atoms with Crippen molar-refractivity contribution in [3.63, 3.8) is 0 Å². The topological polar surface area (TPSA) is 64.3 Å². The largest absolute Gasteiger partial charge is 0.446 e. The molecule has 2 unspecified atom stereocenters. The molecule has 0 aliphatic heterocycles. The van der Waals surface area contributed by atoms with Crippen molar-refractivity contribution < 1.29 is 9.53 Å². The van der Waals surface area contributed by atoms with E-state index >= 15 is 0 Å². The molecule has 19 heavy (non-hydrogen) atoms. The average Bonchev–Trinajstić information content (AvgIpc) is 2.42. The van der Waals surface area contributed by atoms with Gasteiger partial charge in [-0.1, -0.05) is 13.3 Å². The molecule has 1 aliphatic carbocycles. The summed E-state index contributed by atoms with van der Waals surface area (Å²) >= 11 is 0. The summed E-state index contributed by atoms with van der Waals surface area (Å²) in [5.74, 6) is 0.505. The number of amides is 1. The van der Waals surface area contributed by atoms with Crippen molar-refractivity contribution in [2.75, 3.05) is 11.1 Å². The minimum atomic E-state index is -0.366. The van der Waals surface area contributed by atoms with E-state index in [0.29, 0.717) is 17.3 Å². The number of anilines is 2. The molecule has 0 bridgehead atoms. The van der Waals surface area contributed by atoms with Gasteiger partial charge in [-0.3, -0.25) is 5.32 Å². The second-order valence-corrected chi connectivity index (χ2v) is 5.14. The van der Waals surface area contributed by atoms with Gasteiger partial charge in [-0.05, 0) is 55.9 Å². The average molecular weight is 262 g/mol. The lowest BCUT2D eigenvalue weighted by Gasteiger charge is -2.30. The summed E-state index contributed by atoms with van der Waals surface area (Å²) in [6.07, 6.45) is 5.31. The molecule has 1 fully saturated rings. The van der Waals surface area contributed by atoms with Crippen LogP contribution in [0.3, 0.4) is 0 Å². The summed E-state index contributed by atoms with van der Waals surface area (Å²) in [6, 6.07) is 7.06. The molecule has 4 heteroatoms. The summed E-state index contributed by atoms with van der Waals surface area (Å²) in [5.41, 5.74) is 6.99. The lowest BCUT2D eigenvalue weighted by Crippen LogP contribution is -2.31. The SMILES string of the molecule is CCC1CCCCC1OC(=O)Nc1ccc(N)cc1. The van der Waals surface area contributed by atoms with Crippen LogP contribution in [0.2, 0.25) is 0 Å². The van der Waals surface area contributed by atoms with Crippen LogP contribution < -0.4 is 11.1 Å². The van der Waals surface area contributed by atoms with Gasteiger partial charge < -0.3 is 10.5 Å². The van der Waals surface area contributed by atoms with Crippen molar-refractivity contribution in [3.05, 3.63) is 24.3 Å². The molecule has 0 spiro atoms. The van der Waals surface area contributed by atoms with E-state index in [1.54, 1.807) is 24.3 Å². The summed E-state index contributed by atoms with van der Waals surface area (Å²) in [5, 5.41) is 2.74. The van der Waals surface area contributed by atoms with Gasteiger partial charge in [0.15, 0.2) is 0 Å². The molecule has 4 nitrogen and oxygen atoms in total. The molecule has 1 amide bonds. The number of carbonyl (C=O) groups is 1. The van der Waals surface area contributed by atoms with Crippen LogP contribution in [0.25, 0.3) is 0 Å². The Morgan fingerprint density at radius 3 is 2.68 bits per heavy atom. The van der Waals surface area contributed by atoms with Gasteiger partial charge in [0.25, 0.3) is 0 Å². The first-order valence-electron chi connectivity index (χ1n) is 7.02. The van der Waals surface area contributed by atoms with Crippen LogP contribution in [-0.4, -0.2) is 12.2 Å². The van der Waals surface area contributed by atoms with Crippen LogP contribution in [0.5, 0.6) is 0 Å². The van der Waals surface area contributed by atoms with Crippen molar-refractivity contribution >= 4 is 17.5 Å². The molecule has 104 valence electrons. The molecule has 1 aliphatic rings. The van der Waals surface area contributed by atoms with E-state index < -0.39 is 0 Å². The number of rotatable bonds is 3. The Morgan fingerprint density at radius 2 is 2.00 bits per heavy atom. The Balaban J connectivity index is 1.88. The molecule has 2 atom stereocenters. The maximum atomic E-state index is 11.9. The molecular formula is C15H22N2O2. The molecule has 1 aromatic rings. The van der Waals surface area contributed by atoms with Crippen LogP contribution in [0.1, 0.15) is 39.0 Å². The Bertz CT molecular complexity index is 417. The Hall–Kier alpha value is -1.71. The van der Waals surface area contributed by atoms with Crippen molar-refractivity contribution in [2.45, 2.75) is 45.1 Å². The minimum Gasteiger partial charge on any atom is -0.446 e. The first kappa shape index (κ1) is 13.7. The van der Waals surface area contributed by atoms with Gasteiger partial charge in [-0.25, -0.2) is 4.79 Å². The van der Waals surface area contributed by atoms with Gasteiger partial charge in [0, 0.05) is 11.4 Å². The third-order valence-corrected chi connectivity index (χ3v) is 3.78. The van der Waals surface area contributed by atoms with E-state index in [0.717, 1.165) is 25.7 Å². The van der Waals surface area contributed by atoms with E-state index in [1.807, 2.05) is 0 Å². The monoisotopic (exact) mass is 262 g/mol. The number of hydrogen-bond acceptors (Lipinski definition) is 3. The zero-order valence-electron chi connectivity index (χ0n) is 11.4. The molecule has 0 radical (unpaired) electrons. The second-order valence-electron chi connectivity index (χ2n) is 5.14. The quantitative estimate of drug-likeness (QED) is 0.815. The van der Waals surface area contributed by atoms with Crippen molar-refractivity contribution in [1.29, 1.82) is 0 Å². The van der Waals surface area contributed by atoms with E-state index in [1.165, 1.54) is 6.42 Å². The van der Waals surface area contributed by atoms with E-state index in [9.17, 15) is 4.79 Å². The van der Waals surface area contributed by atoms with Gasteiger partial charge in [0.05, 0.1) is 0 Å². The van der Waals surface area contributed by atoms with Crippen LogP contribution in [0.4, 0.5) is 16.2 Å². The van der Waals surface area contributed by atoms with Crippen molar-refractivity contribution in [3.8, 4) is 0 Å². The number of benzene rings is 1. The highest BCUT2D eigenvalue weighted by Gasteiger charge is 2.26. The third-order valence-electron chi connectivity index (χ3n) is 3.78. The zero-order chi connectivity index (χ0) is 13.7. The minimum absolute atomic E-state index is 0.0625. The van der Waals surface area contributed by atoms with E-state index in [2.05, 4.69) is 12.2 Å². The summed E-state index contributed by atoms with van der Waals surface area (Å²) in [7, 11) is 0. The lowest BCUT2D eigenvalue weighted by atomic mass is 9.85. The zero-order valence-corrected chi connectivity index (χ0v) is 11.4. The second kappa shape index (κ2) is 6.45. The Morgan fingerprint density at radius 1 is 1.32 bits per heavy atom. The standard InChI is InChI=1S/C15H22N2O2/c1-2-11-5-3-4-6-14(11)19-15(18)17-13-9-7-12(16)8-10-13/h7-11,14H,2-6,16H2,1H3,(H,17,18). The number of hydrogen-bond donors (Lipinski definition) is 2. The maximum Gasteiger partial charge on any atom is 0.411 e. The van der Waals surface area contributed by atoms with Crippen molar-refractivity contribution in [1.82, 2.24) is 0 Å². The number of nitrogen functional groups attached to an aromatic ring is 1. The van der Waals surface area contributed by atoms with Gasteiger partial charge >= 0.3 is 6.09 Å². The number of nitrogens with two attached hydrogens (primary N) is 1. The highest BCUT2D eigenvalue weighted by molar-refractivity contribution is 5.84. The van der Waals surface area contributed by atoms with Crippen molar-refractivity contribution in [2.24, 2.45) is 5.92 Å². The van der Waals surface area contributed by atoms with Gasteiger partial charge in [-0.15, -0.1) is 0 Å². The molecule has 2 rings (SSSR count). The molecule has 0 aromatic heterocycles. The number of nitrogens with one attached hydrogen (secondary N) is 1. The normalized spacial score (nSPS) is 22.8. The third kappa shape index (κ3) is 3.88. The fourth-order valence-electron chi connectivity index (χ4n) is 2.65. The van der Waals surface area contributed by atoms with E-state index in [-0.39, 0.29) is 12.2 Å². The molecule has 1 aromatic carbocycles. The molecule has 3 N–H and O–H groups in total. The molecule has 0 saturated heterocycles. The lowest BCUT2D eigenvalue weighted by molar-refractivity contribution is 0.0443.